The van der Waals surface area contributed by atoms with Crippen LogP contribution in [-0.4, -0.2) is 41.9 Å². The first kappa shape index (κ1) is 17.7. The van der Waals surface area contributed by atoms with Crippen molar-refractivity contribution in [1.29, 1.82) is 0 Å². The highest BCUT2D eigenvalue weighted by Gasteiger charge is 2.32. The van der Waals surface area contributed by atoms with Crippen molar-refractivity contribution in [3.63, 3.8) is 0 Å². The molecule has 1 aromatic carbocycles. The summed E-state index contributed by atoms with van der Waals surface area (Å²) in [6, 6.07) is 14.3. The molecule has 0 saturated carbocycles. The second-order valence-electron chi connectivity index (χ2n) is 6.94. The Balaban J connectivity index is 1.59. The number of rotatable bonds is 5. The van der Waals surface area contributed by atoms with Gasteiger partial charge in [0.05, 0.1) is 6.54 Å². The normalized spacial score (nSPS) is 21.2. The minimum absolute atomic E-state index is 0.0620. The lowest BCUT2D eigenvalue weighted by Crippen LogP contribution is -2.50. The molecule has 0 aliphatic carbocycles. The van der Waals surface area contributed by atoms with Crippen molar-refractivity contribution >= 4 is 5.91 Å². The number of hydrogen-bond donors (Lipinski definition) is 1. The summed E-state index contributed by atoms with van der Waals surface area (Å²) in [6.07, 6.45) is 0.973. The SMILES string of the molecule is C[C@@H]1CN(Cc2ccccc2)CC[C@H]1N(C)C(=O)c1ccc(CN)o1. The second kappa shape index (κ2) is 7.85. The zero-order chi connectivity index (χ0) is 17.8. The number of carbonyl (C=O) groups is 1. The highest BCUT2D eigenvalue weighted by atomic mass is 16.4. The number of carbonyl (C=O) groups excluding carboxylic acids is 1. The van der Waals surface area contributed by atoms with Gasteiger partial charge in [-0.05, 0) is 30.0 Å². The smallest absolute Gasteiger partial charge is 0.289 e. The quantitative estimate of drug-likeness (QED) is 0.908. The molecule has 1 fully saturated rings. The molecule has 0 bridgehead atoms. The van der Waals surface area contributed by atoms with Crippen LogP contribution < -0.4 is 5.73 Å². The molecule has 1 aromatic heterocycles. The van der Waals surface area contributed by atoms with Crippen LogP contribution in [0, 0.1) is 5.92 Å². The fraction of sp³-hybridized carbons (Fsp3) is 0.450. The van der Waals surface area contributed by atoms with E-state index in [1.807, 2.05) is 18.0 Å². The highest BCUT2D eigenvalue weighted by molar-refractivity contribution is 5.91. The zero-order valence-corrected chi connectivity index (χ0v) is 15.0. The molecule has 0 spiro atoms. The molecular formula is C20H27N3O2. The summed E-state index contributed by atoms with van der Waals surface area (Å²) >= 11 is 0. The first-order valence-corrected chi connectivity index (χ1v) is 8.90. The van der Waals surface area contributed by atoms with E-state index >= 15 is 0 Å². The molecule has 2 N–H and O–H groups in total. The van der Waals surface area contributed by atoms with E-state index in [-0.39, 0.29) is 11.9 Å². The van der Waals surface area contributed by atoms with E-state index in [0.29, 0.717) is 24.0 Å². The van der Waals surface area contributed by atoms with Crippen molar-refractivity contribution in [1.82, 2.24) is 9.80 Å². The van der Waals surface area contributed by atoms with Gasteiger partial charge in [-0.3, -0.25) is 9.69 Å². The molecule has 134 valence electrons. The van der Waals surface area contributed by atoms with Gasteiger partial charge in [0.25, 0.3) is 5.91 Å². The fourth-order valence-electron chi connectivity index (χ4n) is 3.71. The number of nitrogens with two attached hydrogens (primary N) is 1. The molecule has 0 unspecified atom stereocenters. The van der Waals surface area contributed by atoms with Gasteiger partial charge in [-0.25, -0.2) is 0 Å². The summed E-state index contributed by atoms with van der Waals surface area (Å²) in [5.74, 6) is 1.37. The van der Waals surface area contributed by atoms with E-state index in [1.54, 1.807) is 12.1 Å². The number of nitrogens with zero attached hydrogens (tertiary/aromatic N) is 2. The lowest BCUT2D eigenvalue weighted by molar-refractivity contribution is 0.0470. The van der Waals surface area contributed by atoms with Crippen LogP contribution in [-0.2, 0) is 13.1 Å². The van der Waals surface area contributed by atoms with Gasteiger partial charge >= 0.3 is 0 Å². The molecule has 5 heteroatoms. The molecule has 3 rings (SSSR count). The molecule has 5 nitrogen and oxygen atoms in total. The van der Waals surface area contributed by atoms with E-state index in [4.69, 9.17) is 10.2 Å². The predicted octanol–water partition coefficient (Wildman–Crippen LogP) is 2.72. The monoisotopic (exact) mass is 341 g/mol. The predicted molar refractivity (Wildman–Crippen MR) is 98.0 cm³/mol. The summed E-state index contributed by atoms with van der Waals surface area (Å²) in [5, 5.41) is 0. The van der Waals surface area contributed by atoms with Crippen LogP contribution in [0.2, 0.25) is 0 Å². The molecule has 25 heavy (non-hydrogen) atoms. The third-order valence-corrected chi connectivity index (χ3v) is 5.08. The zero-order valence-electron chi connectivity index (χ0n) is 15.0. The van der Waals surface area contributed by atoms with Crippen LogP contribution in [0.4, 0.5) is 0 Å². The second-order valence-corrected chi connectivity index (χ2v) is 6.94. The fourth-order valence-corrected chi connectivity index (χ4v) is 3.71. The maximum Gasteiger partial charge on any atom is 0.289 e. The molecule has 1 amide bonds. The van der Waals surface area contributed by atoms with Gasteiger partial charge in [-0.1, -0.05) is 37.3 Å². The molecule has 0 radical (unpaired) electrons. The number of hydrogen-bond acceptors (Lipinski definition) is 4. The number of likely N-dealkylation sites (tertiary alicyclic amines) is 1. The van der Waals surface area contributed by atoms with Crippen LogP contribution in [0.25, 0.3) is 0 Å². The van der Waals surface area contributed by atoms with Crippen LogP contribution in [0.15, 0.2) is 46.9 Å². The Morgan fingerprint density at radius 2 is 2.04 bits per heavy atom. The van der Waals surface area contributed by atoms with Gasteiger partial charge in [0.15, 0.2) is 5.76 Å². The maximum atomic E-state index is 12.7. The number of piperidine rings is 1. The topological polar surface area (TPSA) is 62.7 Å². The molecule has 1 aliphatic heterocycles. The molecule has 1 aliphatic rings. The van der Waals surface area contributed by atoms with E-state index in [9.17, 15) is 4.79 Å². The minimum Gasteiger partial charge on any atom is -0.455 e. The van der Waals surface area contributed by atoms with Crippen molar-refractivity contribution in [3.8, 4) is 0 Å². The van der Waals surface area contributed by atoms with E-state index < -0.39 is 0 Å². The summed E-state index contributed by atoms with van der Waals surface area (Å²) in [5.41, 5.74) is 6.89. The minimum atomic E-state index is -0.0620. The Morgan fingerprint density at radius 1 is 1.28 bits per heavy atom. The van der Waals surface area contributed by atoms with Gasteiger partial charge < -0.3 is 15.1 Å². The number of furan rings is 1. The Labute approximate surface area is 149 Å². The average molecular weight is 341 g/mol. The van der Waals surface area contributed by atoms with E-state index in [1.165, 1.54) is 5.56 Å². The van der Waals surface area contributed by atoms with Crippen LogP contribution in [0.3, 0.4) is 0 Å². The van der Waals surface area contributed by atoms with E-state index in [2.05, 4.69) is 36.1 Å². The molecular weight excluding hydrogens is 314 g/mol. The van der Waals surface area contributed by atoms with Gasteiger partial charge in [-0.2, -0.15) is 0 Å². The van der Waals surface area contributed by atoms with Crippen LogP contribution in [0.5, 0.6) is 0 Å². The lowest BCUT2D eigenvalue weighted by Gasteiger charge is -2.41. The third kappa shape index (κ3) is 4.11. The summed E-state index contributed by atoms with van der Waals surface area (Å²) in [6.45, 7) is 5.48. The van der Waals surface area contributed by atoms with Crippen LogP contribution in [0.1, 0.15) is 35.2 Å². The van der Waals surface area contributed by atoms with Crippen molar-refractivity contribution < 1.29 is 9.21 Å². The Bertz CT molecular complexity index is 698. The Hall–Kier alpha value is -2.11. The molecule has 2 atom stereocenters. The highest BCUT2D eigenvalue weighted by Crippen LogP contribution is 2.24. The lowest BCUT2D eigenvalue weighted by atomic mass is 9.92. The van der Waals surface area contributed by atoms with Crippen molar-refractivity contribution in [2.45, 2.75) is 32.5 Å². The largest absolute Gasteiger partial charge is 0.455 e. The third-order valence-electron chi connectivity index (χ3n) is 5.08. The molecule has 2 aromatic rings. The van der Waals surface area contributed by atoms with Gasteiger partial charge in [0.1, 0.15) is 5.76 Å². The Kier molecular flexibility index (Phi) is 5.56. The van der Waals surface area contributed by atoms with Gasteiger partial charge in [-0.15, -0.1) is 0 Å². The molecule has 2 heterocycles. The summed E-state index contributed by atoms with van der Waals surface area (Å²) < 4.78 is 5.52. The summed E-state index contributed by atoms with van der Waals surface area (Å²) in [4.78, 5) is 17.0. The standard InChI is InChI=1S/C20H27N3O2/c1-15-13-23(14-16-6-4-3-5-7-16)11-10-18(15)22(2)20(24)19-9-8-17(12-21)25-19/h3-9,15,18H,10-14,21H2,1-2H3/t15-,18-/m1/s1. The van der Waals surface area contributed by atoms with Crippen molar-refractivity contribution in [3.05, 3.63) is 59.5 Å². The first-order valence-electron chi connectivity index (χ1n) is 8.90. The number of benzene rings is 1. The van der Waals surface area contributed by atoms with Gasteiger partial charge in [0, 0.05) is 32.7 Å². The van der Waals surface area contributed by atoms with E-state index in [0.717, 1.165) is 26.1 Å². The first-order chi connectivity index (χ1) is 12.1. The van der Waals surface area contributed by atoms with Crippen molar-refractivity contribution in [2.75, 3.05) is 20.1 Å². The maximum absolute atomic E-state index is 12.7. The Morgan fingerprint density at radius 3 is 2.68 bits per heavy atom. The summed E-state index contributed by atoms with van der Waals surface area (Å²) in [7, 11) is 1.88. The van der Waals surface area contributed by atoms with Crippen molar-refractivity contribution in [2.24, 2.45) is 11.7 Å². The average Bonchev–Trinajstić information content (AvgIpc) is 3.11. The number of amides is 1. The van der Waals surface area contributed by atoms with Gasteiger partial charge in [0.2, 0.25) is 0 Å². The molecule has 1 saturated heterocycles. The van der Waals surface area contributed by atoms with Crippen LogP contribution >= 0.6 is 0 Å².